The first kappa shape index (κ1) is 15.1. The maximum absolute atomic E-state index is 11.3. The molecule has 5 N–H and O–H groups in total. The first-order valence-corrected chi connectivity index (χ1v) is 8.46. The summed E-state index contributed by atoms with van der Waals surface area (Å²) in [5.74, 6) is 1.03. The Morgan fingerprint density at radius 3 is 2.67 bits per heavy atom. The van der Waals surface area contributed by atoms with Crippen molar-refractivity contribution in [2.45, 2.75) is 24.3 Å². The van der Waals surface area contributed by atoms with Gasteiger partial charge in [-0.25, -0.2) is 13.6 Å². The van der Waals surface area contributed by atoms with Crippen LogP contribution in [0.3, 0.4) is 0 Å². The van der Waals surface area contributed by atoms with Gasteiger partial charge in [0.2, 0.25) is 10.0 Å². The molecule has 0 fully saturated rings. The number of nitrogens with one attached hydrogen (secondary N) is 1. The van der Waals surface area contributed by atoms with Crippen LogP contribution in [0.1, 0.15) is 13.3 Å². The van der Waals surface area contributed by atoms with E-state index >= 15 is 0 Å². The Labute approximate surface area is 112 Å². The SMILES string of the molecule is CSCCC(C)Nc1cc(S(N)(=O)=O)ccc1N. The van der Waals surface area contributed by atoms with Gasteiger partial charge >= 0.3 is 0 Å². The van der Waals surface area contributed by atoms with E-state index in [-0.39, 0.29) is 10.9 Å². The van der Waals surface area contributed by atoms with Crippen molar-refractivity contribution in [3.63, 3.8) is 0 Å². The largest absolute Gasteiger partial charge is 0.397 e. The predicted molar refractivity (Wildman–Crippen MR) is 78.3 cm³/mol. The highest BCUT2D eigenvalue weighted by Crippen LogP contribution is 2.23. The minimum atomic E-state index is -3.69. The van der Waals surface area contributed by atoms with Crippen molar-refractivity contribution in [1.82, 2.24) is 0 Å². The van der Waals surface area contributed by atoms with Crippen LogP contribution in [0.15, 0.2) is 23.1 Å². The minimum absolute atomic E-state index is 0.0660. The number of anilines is 2. The van der Waals surface area contributed by atoms with Gasteiger partial charge in [0.15, 0.2) is 0 Å². The van der Waals surface area contributed by atoms with Crippen LogP contribution < -0.4 is 16.2 Å². The van der Waals surface area contributed by atoms with Gasteiger partial charge in [0.1, 0.15) is 0 Å². The van der Waals surface area contributed by atoms with Gasteiger partial charge in [-0.05, 0) is 43.6 Å². The van der Waals surface area contributed by atoms with E-state index in [0.29, 0.717) is 11.4 Å². The second-order valence-electron chi connectivity index (χ2n) is 4.12. The minimum Gasteiger partial charge on any atom is -0.397 e. The monoisotopic (exact) mass is 289 g/mol. The maximum Gasteiger partial charge on any atom is 0.238 e. The Morgan fingerprint density at radius 1 is 1.44 bits per heavy atom. The van der Waals surface area contributed by atoms with Gasteiger partial charge in [-0.2, -0.15) is 11.8 Å². The van der Waals surface area contributed by atoms with Crippen LogP contribution in [0, 0.1) is 0 Å². The molecule has 0 amide bonds. The van der Waals surface area contributed by atoms with E-state index < -0.39 is 10.0 Å². The van der Waals surface area contributed by atoms with Crippen LogP contribution in [0.5, 0.6) is 0 Å². The summed E-state index contributed by atoms with van der Waals surface area (Å²) < 4.78 is 22.5. The summed E-state index contributed by atoms with van der Waals surface area (Å²) in [6.45, 7) is 2.03. The van der Waals surface area contributed by atoms with Crippen molar-refractivity contribution in [3.8, 4) is 0 Å². The Bertz CT molecular complexity index is 503. The molecule has 0 saturated heterocycles. The van der Waals surface area contributed by atoms with Gasteiger partial charge in [-0.15, -0.1) is 0 Å². The van der Waals surface area contributed by atoms with Crippen molar-refractivity contribution in [2.24, 2.45) is 5.14 Å². The quantitative estimate of drug-likeness (QED) is 0.689. The molecule has 0 aromatic heterocycles. The third-order valence-electron chi connectivity index (χ3n) is 2.51. The summed E-state index contributed by atoms with van der Waals surface area (Å²) in [5.41, 5.74) is 6.93. The van der Waals surface area contributed by atoms with Crippen LogP contribution in [-0.2, 0) is 10.0 Å². The lowest BCUT2D eigenvalue weighted by Gasteiger charge is -2.17. The van der Waals surface area contributed by atoms with E-state index in [2.05, 4.69) is 5.32 Å². The van der Waals surface area contributed by atoms with Crippen LogP contribution >= 0.6 is 11.8 Å². The molecule has 0 radical (unpaired) electrons. The van der Waals surface area contributed by atoms with Crippen LogP contribution in [-0.4, -0.2) is 26.5 Å². The van der Waals surface area contributed by atoms with Gasteiger partial charge in [0, 0.05) is 6.04 Å². The molecule has 1 aromatic carbocycles. The summed E-state index contributed by atoms with van der Waals surface area (Å²) in [5, 5.41) is 8.29. The van der Waals surface area contributed by atoms with Gasteiger partial charge in [-0.3, -0.25) is 0 Å². The molecule has 0 aliphatic rings. The van der Waals surface area contributed by atoms with Crippen LogP contribution in [0.4, 0.5) is 11.4 Å². The summed E-state index contributed by atoms with van der Waals surface area (Å²) in [4.78, 5) is 0.0660. The highest BCUT2D eigenvalue weighted by atomic mass is 32.2. The molecule has 1 atom stereocenters. The Balaban J connectivity index is 2.88. The fraction of sp³-hybridized carbons (Fsp3) is 0.455. The summed E-state index contributed by atoms with van der Waals surface area (Å²) in [7, 11) is -3.69. The third kappa shape index (κ3) is 4.40. The molecule has 5 nitrogen and oxygen atoms in total. The second-order valence-corrected chi connectivity index (χ2v) is 6.67. The van der Waals surface area contributed by atoms with Crippen molar-refractivity contribution in [3.05, 3.63) is 18.2 Å². The topological polar surface area (TPSA) is 98.2 Å². The number of rotatable bonds is 6. The fourth-order valence-electron chi connectivity index (χ4n) is 1.47. The zero-order valence-corrected chi connectivity index (χ0v) is 12.1. The number of nitrogens with two attached hydrogens (primary N) is 2. The fourth-order valence-corrected chi connectivity index (χ4v) is 2.60. The van der Waals surface area contributed by atoms with E-state index in [1.165, 1.54) is 12.1 Å². The second kappa shape index (κ2) is 6.31. The van der Waals surface area contributed by atoms with Gasteiger partial charge in [-0.1, -0.05) is 0 Å². The molecule has 7 heteroatoms. The Morgan fingerprint density at radius 2 is 2.11 bits per heavy atom. The Kier molecular flexibility index (Phi) is 5.30. The van der Waals surface area contributed by atoms with E-state index in [0.717, 1.165) is 12.2 Å². The van der Waals surface area contributed by atoms with E-state index in [4.69, 9.17) is 10.9 Å². The summed E-state index contributed by atoms with van der Waals surface area (Å²) in [6.07, 6.45) is 3.02. The molecule has 0 saturated carbocycles. The highest BCUT2D eigenvalue weighted by molar-refractivity contribution is 7.98. The van der Waals surface area contributed by atoms with Crippen molar-refractivity contribution in [2.75, 3.05) is 23.1 Å². The van der Waals surface area contributed by atoms with E-state index in [1.807, 2.05) is 13.2 Å². The zero-order valence-electron chi connectivity index (χ0n) is 10.5. The number of sulfonamides is 1. The lowest BCUT2D eigenvalue weighted by molar-refractivity contribution is 0.598. The third-order valence-corrected chi connectivity index (χ3v) is 4.07. The van der Waals surface area contributed by atoms with Crippen LogP contribution in [0.25, 0.3) is 0 Å². The van der Waals surface area contributed by atoms with Crippen molar-refractivity contribution < 1.29 is 8.42 Å². The molecule has 18 heavy (non-hydrogen) atoms. The van der Waals surface area contributed by atoms with Crippen molar-refractivity contribution in [1.29, 1.82) is 0 Å². The lowest BCUT2D eigenvalue weighted by atomic mass is 10.2. The average Bonchev–Trinajstić information content (AvgIpc) is 2.28. The van der Waals surface area contributed by atoms with Gasteiger partial charge in [0.05, 0.1) is 16.3 Å². The molecular formula is C11H19N3O2S2. The molecular weight excluding hydrogens is 270 g/mol. The van der Waals surface area contributed by atoms with E-state index in [9.17, 15) is 8.42 Å². The zero-order chi connectivity index (χ0) is 13.8. The number of nitrogen functional groups attached to an aromatic ring is 1. The number of benzene rings is 1. The molecule has 0 heterocycles. The van der Waals surface area contributed by atoms with Crippen LogP contribution in [0.2, 0.25) is 0 Å². The molecule has 0 spiro atoms. The van der Waals surface area contributed by atoms with Crippen molar-refractivity contribution >= 4 is 33.2 Å². The standard InChI is InChI=1S/C11H19N3O2S2/c1-8(5-6-17-2)14-11-7-9(18(13,15)16)3-4-10(11)12/h3-4,7-8,14H,5-6,12H2,1-2H3,(H2,13,15,16). The molecule has 1 unspecified atom stereocenters. The van der Waals surface area contributed by atoms with Gasteiger partial charge < -0.3 is 11.1 Å². The molecule has 102 valence electrons. The first-order valence-electron chi connectivity index (χ1n) is 5.52. The number of hydrogen-bond acceptors (Lipinski definition) is 5. The first-order chi connectivity index (χ1) is 8.34. The smallest absolute Gasteiger partial charge is 0.238 e. The number of hydrogen-bond donors (Lipinski definition) is 3. The molecule has 0 bridgehead atoms. The molecule has 0 aliphatic heterocycles. The summed E-state index contributed by atoms with van der Waals surface area (Å²) >= 11 is 1.76. The summed E-state index contributed by atoms with van der Waals surface area (Å²) in [6, 6.07) is 4.64. The predicted octanol–water partition coefficient (Wildman–Crippen LogP) is 1.47. The normalized spacial score (nSPS) is 13.3. The van der Waals surface area contributed by atoms with Gasteiger partial charge in [0.25, 0.3) is 0 Å². The molecule has 1 aromatic rings. The number of thioether (sulfide) groups is 1. The number of primary sulfonamides is 1. The van der Waals surface area contributed by atoms with E-state index in [1.54, 1.807) is 17.8 Å². The molecule has 0 aliphatic carbocycles. The molecule has 1 rings (SSSR count). The average molecular weight is 289 g/mol. The lowest BCUT2D eigenvalue weighted by Crippen LogP contribution is -2.18. The Hall–Kier alpha value is -0.920. The maximum atomic E-state index is 11.3. The highest BCUT2D eigenvalue weighted by Gasteiger charge is 2.11.